The first-order valence-electron chi connectivity index (χ1n) is 8.73. The Morgan fingerprint density at radius 2 is 1.96 bits per heavy atom. The number of fused-ring (bicyclic) bond motifs is 1. The number of carbonyl (C=O) groups excluding carboxylic acids is 2. The van der Waals surface area contributed by atoms with Crippen LogP contribution in [0, 0.1) is 11.8 Å². The Balaban J connectivity index is 1.38. The molecule has 1 aliphatic carbocycles. The highest BCUT2D eigenvalue weighted by atomic mass is 16.2. The van der Waals surface area contributed by atoms with Crippen molar-refractivity contribution in [3.8, 4) is 0 Å². The number of amides is 2. The van der Waals surface area contributed by atoms with Gasteiger partial charge in [0.2, 0.25) is 11.8 Å². The molecule has 2 aromatic rings. The summed E-state index contributed by atoms with van der Waals surface area (Å²) in [6, 6.07) is 13.8. The summed E-state index contributed by atoms with van der Waals surface area (Å²) in [5.41, 5.74) is 3.03. The molecule has 1 N–H and O–H groups in total. The van der Waals surface area contributed by atoms with Gasteiger partial charge in [-0.25, -0.2) is 0 Å². The number of para-hydroxylation sites is 1. The number of nitrogens with zero attached hydrogens (tertiary/aromatic N) is 2. The van der Waals surface area contributed by atoms with Crippen molar-refractivity contribution in [2.75, 3.05) is 4.90 Å². The van der Waals surface area contributed by atoms with E-state index >= 15 is 0 Å². The lowest BCUT2D eigenvalue weighted by atomic mass is 10.1. The Labute approximate surface area is 147 Å². The molecule has 2 amide bonds. The minimum absolute atomic E-state index is 0.0517. The van der Waals surface area contributed by atoms with Crippen LogP contribution >= 0.6 is 0 Å². The first-order valence-corrected chi connectivity index (χ1v) is 8.73. The van der Waals surface area contributed by atoms with Gasteiger partial charge in [-0.3, -0.25) is 14.6 Å². The number of benzene rings is 1. The highest BCUT2D eigenvalue weighted by Gasteiger charge is 2.51. The molecule has 3 unspecified atom stereocenters. The summed E-state index contributed by atoms with van der Waals surface area (Å²) in [6.45, 7) is 2.47. The van der Waals surface area contributed by atoms with E-state index in [1.807, 2.05) is 41.3 Å². The average molecular weight is 335 g/mol. The number of nitrogens with one attached hydrogen (secondary N) is 1. The Morgan fingerprint density at radius 3 is 2.76 bits per heavy atom. The fourth-order valence-electron chi connectivity index (χ4n) is 3.65. The monoisotopic (exact) mass is 335 g/mol. The third kappa shape index (κ3) is 3.02. The zero-order chi connectivity index (χ0) is 17.4. The van der Waals surface area contributed by atoms with Gasteiger partial charge in [-0.1, -0.05) is 24.3 Å². The summed E-state index contributed by atoms with van der Waals surface area (Å²) >= 11 is 0. The largest absolute Gasteiger partial charge is 0.350 e. The maximum Gasteiger partial charge on any atom is 0.231 e. The van der Waals surface area contributed by atoms with Gasteiger partial charge in [0.1, 0.15) is 0 Å². The molecule has 5 heteroatoms. The van der Waals surface area contributed by atoms with Crippen molar-refractivity contribution >= 4 is 17.5 Å². The summed E-state index contributed by atoms with van der Waals surface area (Å²) in [4.78, 5) is 31.3. The van der Waals surface area contributed by atoms with E-state index in [2.05, 4.69) is 23.3 Å². The number of carbonyl (C=O) groups is 2. The minimum Gasteiger partial charge on any atom is -0.350 e. The van der Waals surface area contributed by atoms with E-state index in [-0.39, 0.29) is 29.7 Å². The van der Waals surface area contributed by atoms with Crippen molar-refractivity contribution in [2.45, 2.75) is 32.4 Å². The number of pyridine rings is 1. The molecule has 0 saturated heterocycles. The molecule has 5 nitrogen and oxygen atoms in total. The molecule has 128 valence electrons. The molecule has 0 spiro atoms. The van der Waals surface area contributed by atoms with Crippen LogP contribution < -0.4 is 10.2 Å². The molecule has 1 saturated carbocycles. The van der Waals surface area contributed by atoms with Gasteiger partial charge in [-0.05, 0) is 43.5 Å². The predicted octanol–water partition coefficient (Wildman–Crippen LogP) is 2.31. The van der Waals surface area contributed by atoms with Gasteiger partial charge >= 0.3 is 0 Å². The highest BCUT2D eigenvalue weighted by molar-refractivity contribution is 6.02. The molecular weight excluding hydrogens is 314 g/mol. The Morgan fingerprint density at radius 1 is 1.16 bits per heavy atom. The molecule has 2 aliphatic rings. The van der Waals surface area contributed by atoms with Crippen LogP contribution in [0.2, 0.25) is 0 Å². The lowest BCUT2D eigenvalue weighted by Crippen LogP contribution is -2.38. The predicted molar refractivity (Wildman–Crippen MR) is 94.8 cm³/mol. The van der Waals surface area contributed by atoms with Gasteiger partial charge < -0.3 is 10.2 Å². The van der Waals surface area contributed by atoms with E-state index in [0.29, 0.717) is 13.0 Å². The highest BCUT2D eigenvalue weighted by Crippen LogP contribution is 2.43. The summed E-state index contributed by atoms with van der Waals surface area (Å²) in [5, 5.41) is 2.89. The van der Waals surface area contributed by atoms with Crippen LogP contribution in [-0.4, -0.2) is 22.8 Å². The number of rotatable bonds is 4. The second-order valence-electron chi connectivity index (χ2n) is 6.88. The van der Waals surface area contributed by atoms with E-state index in [1.165, 1.54) is 5.56 Å². The first kappa shape index (κ1) is 15.8. The van der Waals surface area contributed by atoms with E-state index in [4.69, 9.17) is 0 Å². The second-order valence-corrected chi connectivity index (χ2v) is 6.88. The quantitative estimate of drug-likeness (QED) is 0.933. The van der Waals surface area contributed by atoms with Crippen molar-refractivity contribution in [3.05, 3.63) is 59.9 Å². The van der Waals surface area contributed by atoms with Crippen LogP contribution in [0.5, 0.6) is 0 Å². The normalized spacial score (nSPS) is 23.9. The van der Waals surface area contributed by atoms with Crippen molar-refractivity contribution in [1.82, 2.24) is 10.3 Å². The lowest BCUT2D eigenvalue weighted by molar-refractivity contribution is -0.126. The molecule has 2 heterocycles. The number of hydrogen-bond acceptors (Lipinski definition) is 3. The van der Waals surface area contributed by atoms with Crippen LogP contribution in [-0.2, 0) is 22.6 Å². The van der Waals surface area contributed by atoms with E-state index in [9.17, 15) is 9.59 Å². The Hall–Kier alpha value is -2.69. The second kappa shape index (κ2) is 6.31. The van der Waals surface area contributed by atoms with Gasteiger partial charge in [0.05, 0.1) is 24.1 Å². The molecule has 3 atom stereocenters. The zero-order valence-corrected chi connectivity index (χ0v) is 14.2. The van der Waals surface area contributed by atoms with Crippen molar-refractivity contribution in [1.29, 1.82) is 0 Å². The topological polar surface area (TPSA) is 62.3 Å². The maximum atomic E-state index is 12.9. The SMILES string of the molecule is CC1Cc2ccccc2N1C(=O)C1CC1C(=O)NCc1ccccn1. The molecule has 1 fully saturated rings. The van der Waals surface area contributed by atoms with E-state index < -0.39 is 0 Å². The maximum absolute atomic E-state index is 12.9. The van der Waals surface area contributed by atoms with E-state index in [0.717, 1.165) is 17.8 Å². The first-order chi connectivity index (χ1) is 12.1. The van der Waals surface area contributed by atoms with Crippen LogP contribution in [0.15, 0.2) is 48.7 Å². The van der Waals surface area contributed by atoms with Crippen molar-refractivity contribution in [3.63, 3.8) is 0 Å². The summed E-state index contributed by atoms with van der Waals surface area (Å²) in [6.07, 6.45) is 3.22. The van der Waals surface area contributed by atoms with Gasteiger partial charge in [0, 0.05) is 17.9 Å². The number of aromatic nitrogens is 1. The number of hydrogen-bond donors (Lipinski definition) is 1. The molecule has 25 heavy (non-hydrogen) atoms. The fourth-order valence-corrected chi connectivity index (χ4v) is 3.65. The van der Waals surface area contributed by atoms with Crippen molar-refractivity contribution < 1.29 is 9.59 Å². The van der Waals surface area contributed by atoms with Gasteiger partial charge in [-0.2, -0.15) is 0 Å². The summed E-state index contributed by atoms with van der Waals surface area (Å²) < 4.78 is 0. The van der Waals surface area contributed by atoms with Gasteiger partial charge in [-0.15, -0.1) is 0 Å². The molecule has 4 rings (SSSR count). The smallest absolute Gasteiger partial charge is 0.231 e. The summed E-state index contributed by atoms with van der Waals surface area (Å²) in [7, 11) is 0. The molecule has 1 aromatic carbocycles. The van der Waals surface area contributed by atoms with Gasteiger partial charge in [0.15, 0.2) is 0 Å². The van der Waals surface area contributed by atoms with Crippen LogP contribution in [0.4, 0.5) is 5.69 Å². The minimum atomic E-state index is -0.212. The number of anilines is 1. The average Bonchev–Trinajstić information content (AvgIpc) is 3.36. The molecule has 0 bridgehead atoms. The fraction of sp³-hybridized carbons (Fsp3) is 0.350. The van der Waals surface area contributed by atoms with Crippen LogP contribution in [0.1, 0.15) is 24.6 Å². The molecule has 1 aromatic heterocycles. The van der Waals surface area contributed by atoms with Gasteiger partial charge in [0.25, 0.3) is 0 Å². The summed E-state index contributed by atoms with van der Waals surface area (Å²) in [5.74, 6) is -0.381. The lowest BCUT2D eigenvalue weighted by Gasteiger charge is -2.23. The third-order valence-corrected chi connectivity index (χ3v) is 5.06. The molecule has 0 radical (unpaired) electrons. The third-order valence-electron chi connectivity index (χ3n) is 5.06. The van der Waals surface area contributed by atoms with E-state index in [1.54, 1.807) is 6.20 Å². The van der Waals surface area contributed by atoms with Crippen molar-refractivity contribution in [2.24, 2.45) is 11.8 Å². The Bertz CT molecular complexity index is 806. The molecular formula is C20H21N3O2. The molecule has 1 aliphatic heterocycles. The van der Waals surface area contributed by atoms with Crippen LogP contribution in [0.3, 0.4) is 0 Å². The zero-order valence-electron chi connectivity index (χ0n) is 14.2. The Kier molecular flexibility index (Phi) is 3.99. The van der Waals surface area contributed by atoms with Crippen LogP contribution in [0.25, 0.3) is 0 Å². The standard InChI is InChI=1S/C20H21N3O2/c1-13-10-14-6-2-3-8-18(14)23(13)20(25)17-11-16(17)19(24)22-12-15-7-4-5-9-21-15/h2-9,13,16-17H,10-12H2,1H3,(H,22,24).